The lowest BCUT2D eigenvalue weighted by Crippen LogP contribution is -2.56. The van der Waals surface area contributed by atoms with Crippen LogP contribution in [0.15, 0.2) is 54.6 Å². The highest BCUT2D eigenvalue weighted by molar-refractivity contribution is 7.16. The molecular weight excluding hydrogens is 534 g/mol. The molecule has 0 unspecified atom stereocenters. The van der Waals surface area contributed by atoms with E-state index in [1.807, 2.05) is 19.0 Å². The van der Waals surface area contributed by atoms with Gasteiger partial charge in [0, 0.05) is 50.6 Å². The van der Waals surface area contributed by atoms with Gasteiger partial charge in [0.15, 0.2) is 5.13 Å². The topological polar surface area (TPSA) is 78.0 Å². The summed E-state index contributed by atoms with van der Waals surface area (Å²) in [5, 5.41) is 4.43. The van der Waals surface area contributed by atoms with E-state index < -0.39 is 5.41 Å². The van der Waals surface area contributed by atoms with Gasteiger partial charge in [-0.05, 0) is 36.8 Å². The van der Waals surface area contributed by atoms with Crippen molar-refractivity contribution in [2.75, 3.05) is 52.3 Å². The molecule has 216 valence electrons. The Kier molecular flexibility index (Phi) is 7.50. The third-order valence-corrected chi connectivity index (χ3v) is 10.6. The van der Waals surface area contributed by atoms with Crippen molar-refractivity contribution in [3.05, 3.63) is 81.9 Å². The fourth-order valence-electron chi connectivity index (χ4n) is 6.98. The number of carbonyl (C=O) groups is 2. The van der Waals surface area contributed by atoms with E-state index in [0.717, 1.165) is 28.5 Å². The maximum absolute atomic E-state index is 14.8. The highest BCUT2D eigenvalue weighted by Gasteiger charge is 2.56. The molecule has 1 N–H and O–H groups in total. The molecule has 1 spiro atoms. The molecule has 6 rings (SSSR count). The summed E-state index contributed by atoms with van der Waals surface area (Å²) in [6.07, 6.45) is 1.43. The zero-order chi connectivity index (χ0) is 28.7. The van der Waals surface area contributed by atoms with Crippen LogP contribution in [0.1, 0.15) is 52.1 Å². The number of aryl methyl sites for hydroxylation is 1. The summed E-state index contributed by atoms with van der Waals surface area (Å²) < 4.78 is 5.15. The second kappa shape index (κ2) is 11.1. The number of benzene rings is 2. The first-order valence-corrected chi connectivity index (χ1v) is 15.3. The summed E-state index contributed by atoms with van der Waals surface area (Å²) in [6, 6.07) is 19.3. The van der Waals surface area contributed by atoms with Gasteiger partial charge in [-0.15, -0.1) is 11.3 Å². The molecule has 0 bridgehead atoms. The van der Waals surface area contributed by atoms with Gasteiger partial charge < -0.3 is 24.8 Å². The number of hydrogen-bond donors (Lipinski definition) is 1. The minimum atomic E-state index is -0.557. The van der Waals surface area contributed by atoms with Gasteiger partial charge in [-0.2, -0.15) is 0 Å². The van der Waals surface area contributed by atoms with Crippen LogP contribution in [0, 0.1) is 12.8 Å². The van der Waals surface area contributed by atoms with E-state index in [0.29, 0.717) is 38.6 Å². The Hall–Kier alpha value is -3.43. The number of fused-ring (bicyclic) bond motifs is 2. The molecule has 0 aliphatic carbocycles. The molecule has 1 aromatic heterocycles. The van der Waals surface area contributed by atoms with Crippen molar-refractivity contribution in [2.24, 2.45) is 5.92 Å². The molecule has 3 aromatic rings. The van der Waals surface area contributed by atoms with Crippen molar-refractivity contribution < 1.29 is 14.3 Å². The van der Waals surface area contributed by atoms with E-state index in [9.17, 15) is 9.59 Å². The summed E-state index contributed by atoms with van der Waals surface area (Å²) in [5.41, 5.74) is 4.04. The summed E-state index contributed by atoms with van der Waals surface area (Å²) in [4.78, 5) is 39.5. The van der Waals surface area contributed by atoms with Crippen LogP contribution in [0.4, 0.5) is 9.93 Å². The molecule has 4 atom stereocenters. The fraction of sp³-hybridized carbons (Fsp3) is 0.469. The zero-order valence-electron chi connectivity index (χ0n) is 24.3. The van der Waals surface area contributed by atoms with Crippen molar-refractivity contribution in [3.8, 4) is 0 Å². The van der Waals surface area contributed by atoms with Crippen molar-refractivity contribution in [1.29, 1.82) is 0 Å². The van der Waals surface area contributed by atoms with Gasteiger partial charge in [-0.25, -0.2) is 9.78 Å². The number of amides is 2. The number of methoxy groups -OCH3 is 1. The molecule has 2 aromatic carbocycles. The lowest BCUT2D eigenvalue weighted by molar-refractivity contribution is -0.141. The largest absolute Gasteiger partial charge is 0.453 e. The van der Waals surface area contributed by atoms with Gasteiger partial charge in [0.05, 0.1) is 31.3 Å². The average molecular weight is 574 g/mol. The number of ether oxygens (including phenoxy) is 1. The van der Waals surface area contributed by atoms with Crippen LogP contribution >= 0.6 is 11.3 Å². The highest BCUT2D eigenvalue weighted by Crippen LogP contribution is 2.49. The van der Waals surface area contributed by atoms with Crippen molar-refractivity contribution in [1.82, 2.24) is 20.1 Å². The SMILES string of the molecule is COC(=O)N1Cc2nc(N(C)C)sc2[C@@]2(CNC[C@H]2C(=O)N2CC[C@@H](c3ccccc3)C[C@H]2c2ccc(C)cc2)C1. The number of piperidine rings is 1. The first-order valence-electron chi connectivity index (χ1n) is 14.4. The second-order valence-corrected chi connectivity index (χ2v) is 12.9. The number of anilines is 1. The number of likely N-dealkylation sites (tertiary alicyclic amines) is 1. The van der Waals surface area contributed by atoms with E-state index in [4.69, 9.17) is 9.72 Å². The smallest absolute Gasteiger partial charge is 0.409 e. The van der Waals surface area contributed by atoms with E-state index in [-0.39, 0.29) is 24.0 Å². The van der Waals surface area contributed by atoms with Crippen LogP contribution in [-0.2, 0) is 21.5 Å². The van der Waals surface area contributed by atoms with Gasteiger partial charge in [-0.1, -0.05) is 60.2 Å². The fourth-order valence-corrected chi connectivity index (χ4v) is 8.21. The maximum Gasteiger partial charge on any atom is 0.409 e. The van der Waals surface area contributed by atoms with E-state index in [1.54, 1.807) is 16.2 Å². The van der Waals surface area contributed by atoms with Gasteiger partial charge in [0.2, 0.25) is 5.91 Å². The Morgan fingerprint density at radius 3 is 2.56 bits per heavy atom. The molecule has 0 saturated carbocycles. The Morgan fingerprint density at radius 1 is 1.10 bits per heavy atom. The molecule has 3 aliphatic rings. The number of hydrogen-bond acceptors (Lipinski definition) is 7. The van der Waals surface area contributed by atoms with Crippen molar-refractivity contribution in [2.45, 2.75) is 43.7 Å². The number of rotatable bonds is 4. The molecule has 0 radical (unpaired) electrons. The number of thiazole rings is 1. The number of nitrogens with one attached hydrogen (secondary N) is 1. The highest BCUT2D eigenvalue weighted by atomic mass is 32.1. The summed E-state index contributed by atoms with van der Waals surface area (Å²) in [5.74, 6) is 0.234. The number of aromatic nitrogens is 1. The monoisotopic (exact) mass is 573 g/mol. The molecule has 2 saturated heterocycles. The molecule has 2 fully saturated rings. The molecule has 4 heterocycles. The van der Waals surface area contributed by atoms with Gasteiger partial charge in [0.25, 0.3) is 0 Å². The van der Waals surface area contributed by atoms with Crippen molar-refractivity contribution in [3.63, 3.8) is 0 Å². The van der Waals surface area contributed by atoms with E-state index in [1.165, 1.54) is 23.8 Å². The molecule has 8 nitrogen and oxygen atoms in total. The summed E-state index contributed by atoms with van der Waals surface area (Å²) in [7, 11) is 5.37. The number of carbonyl (C=O) groups excluding carboxylic acids is 2. The Bertz CT molecular complexity index is 1410. The molecule has 3 aliphatic heterocycles. The first kappa shape index (κ1) is 27.7. The first-order chi connectivity index (χ1) is 19.8. The van der Waals surface area contributed by atoms with Crippen LogP contribution in [0.5, 0.6) is 0 Å². The van der Waals surface area contributed by atoms with Crippen LogP contribution in [-0.4, -0.2) is 74.2 Å². The normalized spacial score (nSPS) is 25.7. The third-order valence-electron chi connectivity index (χ3n) is 9.14. The van der Waals surface area contributed by atoms with Crippen molar-refractivity contribution >= 4 is 28.5 Å². The predicted molar refractivity (Wildman–Crippen MR) is 161 cm³/mol. The second-order valence-electron chi connectivity index (χ2n) is 11.9. The zero-order valence-corrected chi connectivity index (χ0v) is 25.1. The predicted octanol–water partition coefficient (Wildman–Crippen LogP) is 4.70. The standard InChI is InChI=1S/C32H39N5O3S/c1-21-10-12-23(13-11-21)27-16-24(22-8-6-5-7-9-22)14-15-37(27)29(38)25-17-33-19-32(25)20-36(31(39)40-4)18-26-28(32)41-30(34-26)35(2)3/h5-13,24-25,27,33H,14-20H2,1-4H3/t24-,25+,27+,32+/m1/s1. The molecule has 9 heteroatoms. The average Bonchev–Trinajstić information content (AvgIpc) is 3.62. The summed E-state index contributed by atoms with van der Waals surface area (Å²) in [6.45, 7) is 4.81. The molecule has 2 amide bonds. The lowest BCUT2D eigenvalue weighted by atomic mass is 9.72. The van der Waals surface area contributed by atoms with E-state index >= 15 is 0 Å². The Labute approximate surface area is 246 Å². The summed E-state index contributed by atoms with van der Waals surface area (Å²) >= 11 is 1.65. The van der Waals surface area contributed by atoms with Crippen LogP contribution in [0.2, 0.25) is 0 Å². The van der Waals surface area contributed by atoms with Gasteiger partial charge in [-0.3, -0.25) is 4.79 Å². The molecular formula is C32H39N5O3S. The van der Waals surface area contributed by atoms with Crippen LogP contribution in [0.25, 0.3) is 0 Å². The lowest BCUT2D eigenvalue weighted by Gasteiger charge is -2.46. The Balaban J connectivity index is 1.37. The van der Waals surface area contributed by atoms with Gasteiger partial charge >= 0.3 is 6.09 Å². The maximum atomic E-state index is 14.8. The minimum Gasteiger partial charge on any atom is -0.453 e. The Morgan fingerprint density at radius 2 is 1.85 bits per heavy atom. The minimum absolute atomic E-state index is 0.0155. The number of nitrogens with zero attached hydrogens (tertiary/aromatic N) is 4. The van der Waals surface area contributed by atoms with Crippen LogP contribution < -0.4 is 10.2 Å². The van der Waals surface area contributed by atoms with Crippen LogP contribution in [0.3, 0.4) is 0 Å². The van der Waals surface area contributed by atoms with Gasteiger partial charge in [0.1, 0.15) is 0 Å². The third kappa shape index (κ3) is 4.99. The van der Waals surface area contributed by atoms with E-state index in [2.05, 4.69) is 71.7 Å². The molecule has 41 heavy (non-hydrogen) atoms. The quantitative estimate of drug-likeness (QED) is 0.488.